The van der Waals surface area contributed by atoms with Crippen LogP contribution in [0, 0.1) is 0 Å². The van der Waals surface area contributed by atoms with Gasteiger partial charge in [0.2, 0.25) is 0 Å². The minimum absolute atomic E-state index is 0.00928. The van der Waals surface area contributed by atoms with Gasteiger partial charge in [0, 0.05) is 0 Å². The fourth-order valence-electron chi connectivity index (χ4n) is 2.76. The van der Waals surface area contributed by atoms with Crippen LogP contribution in [0.2, 0.25) is 0 Å². The molecule has 0 unspecified atom stereocenters. The van der Waals surface area contributed by atoms with Gasteiger partial charge in [0.25, 0.3) is 5.78 Å². The van der Waals surface area contributed by atoms with E-state index in [9.17, 15) is 14.4 Å². The van der Waals surface area contributed by atoms with Crippen LogP contribution >= 0.6 is 0 Å². The molecule has 0 aliphatic heterocycles. The average molecular weight is 388 g/mol. The molecule has 0 bridgehead atoms. The van der Waals surface area contributed by atoms with Crippen LogP contribution in [0.5, 0.6) is 0 Å². The monoisotopic (exact) mass is 388 g/mol. The van der Waals surface area contributed by atoms with Gasteiger partial charge < -0.3 is 9.47 Å². The van der Waals surface area contributed by atoms with Crippen molar-refractivity contribution in [2.24, 2.45) is 0 Å². The van der Waals surface area contributed by atoms with E-state index < -0.39 is 23.6 Å². The Kier molecular flexibility index (Phi) is 6.90. The summed E-state index contributed by atoms with van der Waals surface area (Å²) in [5.74, 6) is -4.19. The maximum absolute atomic E-state index is 12.7. The first-order chi connectivity index (χ1) is 14.1. The zero-order valence-corrected chi connectivity index (χ0v) is 15.7. The van der Waals surface area contributed by atoms with Crippen molar-refractivity contribution in [3.8, 4) is 0 Å². The molecule has 146 valence electrons. The Bertz CT molecular complexity index is 952. The minimum Gasteiger partial charge on any atom is -0.460 e. The van der Waals surface area contributed by atoms with E-state index in [1.165, 1.54) is 0 Å². The van der Waals surface area contributed by atoms with Gasteiger partial charge in [0.05, 0.1) is 0 Å². The second-order valence-electron chi connectivity index (χ2n) is 6.36. The highest BCUT2D eigenvalue weighted by Gasteiger charge is 2.35. The van der Waals surface area contributed by atoms with Gasteiger partial charge in [0.15, 0.2) is 5.92 Å². The predicted molar refractivity (Wildman–Crippen MR) is 107 cm³/mol. The molecule has 3 aromatic rings. The lowest BCUT2D eigenvalue weighted by molar-refractivity contribution is -0.160. The molecule has 0 heterocycles. The molecule has 0 amide bonds. The lowest BCUT2D eigenvalue weighted by atomic mass is 9.94. The Labute approximate surface area is 168 Å². The van der Waals surface area contributed by atoms with Gasteiger partial charge in [-0.15, -0.1) is 0 Å². The van der Waals surface area contributed by atoms with Crippen LogP contribution in [-0.2, 0) is 37.1 Å². The molecule has 0 aromatic heterocycles. The van der Waals surface area contributed by atoms with E-state index in [0.717, 1.165) is 11.1 Å². The molecule has 0 aliphatic carbocycles. The van der Waals surface area contributed by atoms with Gasteiger partial charge >= 0.3 is 11.9 Å². The van der Waals surface area contributed by atoms with Gasteiger partial charge in [0.1, 0.15) is 13.2 Å². The molecule has 0 N–H and O–H groups in total. The Hall–Kier alpha value is -3.73. The molecule has 0 aliphatic rings. The third-order valence-corrected chi connectivity index (χ3v) is 4.27. The number of ether oxygens (including phenoxy) is 2. The number of Topliss-reactive ketones (excluding diaryl/α,β-unsaturated/α-hetero) is 1. The normalized spacial score (nSPS) is 11.3. The highest BCUT2D eigenvalue weighted by atomic mass is 16.5. The SMILES string of the molecule is O=C(OCc1ccccc1)C(=O)[C@H](C(=O)OCc1ccccc1)c1ccccc1. The van der Waals surface area contributed by atoms with Gasteiger partial charge in [-0.3, -0.25) is 9.59 Å². The average Bonchev–Trinajstić information content (AvgIpc) is 2.78. The van der Waals surface area contributed by atoms with Crippen molar-refractivity contribution in [1.82, 2.24) is 0 Å². The van der Waals surface area contributed by atoms with Gasteiger partial charge in [-0.1, -0.05) is 91.0 Å². The lowest BCUT2D eigenvalue weighted by Crippen LogP contribution is -2.31. The smallest absolute Gasteiger partial charge is 0.376 e. The molecule has 3 aromatic carbocycles. The number of rotatable bonds is 8. The standard InChI is InChI=1S/C24H20O5/c25-22(24(27)29-17-19-12-6-2-7-13-19)21(20-14-8-3-9-15-20)23(26)28-16-18-10-4-1-5-11-18/h1-15,21H,16-17H2/t21-/m1/s1. The molecule has 5 nitrogen and oxygen atoms in total. The Balaban J connectivity index is 1.71. The van der Waals surface area contributed by atoms with Crippen molar-refractivity contribution in [1.29, 1.82) is 0 Å². The van der Waals surface area contributed by atoms with Crippen molar-refractivity contribution in [2.75, 3.05) is 0 Å². The predicted octanol–water partition coefficient (Wildman–Crippen LogP) is 3.83. The summed E-state index contributed by atoms with van der Waals surface area (Å²) in [6, 6.07) is 26.5. The molecule has 0 fully saturated rings. The fourth-order valence-corrected chi connectivity index (χ4v) is 2.76. The number of ketones is 1. The van der Waals surface area contributed by atoms with E-state index in [0.29, 0.717) is 5.56 Å². The molecular weight excluding hydrogens is 368 g/mol. The highest BCUT2D eigenvalue weighted by molar-refractivity contribution is 6.39. The minimum atomic E-state index is -1.37. The van der Waals surface area contributed by atoms with Crippen molar-refractivity contribution in [3.63, 3.8) is 0 Å². The number of carbonyl (C=O) groups excluding carboxylic acids is 3. The maximum Gasteiger partial charge on any atom is 0.376 e. The Morgan fingerprint density at radius 1 is 0.621 bits per heavy atom. The molecule has 0 saturated carbocycles. The van der Waals surface area contributed by atoms with E-state index >= 15 is 0 Å². The summed E-state index contributed by atoms with van der Waals surface area (Å²) in [5.41, 5.74) is 1.91. The Morgan fingerprint density at radius 2 is 1.07 bits per heavy atom. The van der Waals surface area contributed by atoms with Crippen LogP contribution in [0.3, 0.4) is 0 Å². The third-order valence-electron chi connectivity index (χ3n) is 4.27. The van der Waals surface area contributed by atoms with Gasteiger partial charge in [-0.25, -0.2) is 4.79 Å². The molecule has 29 heavy (non-hydrogen) atoms. The van der Waals surface area contributed by atoms with Crippen LogP contribution in [-0.4, -0.2) is 17.7 Å². The number of hydrogen-bond donors (Lipinski definition) is 0. The van der Waals surface area contributed by atoms with E-state index in [1.807, 2.05) is 24.3 Å². The van der Waals surface area contributed by atoms with E-state index in [1.54, 1.807) is 66.7 Å². The summed E-state index contributed by atoms with van der Waals surface area (Å²) < 4.78 is 10.4. The van der Waals surface area contributed by atoms with Crippen LogP contribution in [0.25, 0.3) is 0 Å². The van der Waals surface area contributed by atoms with Crippen LogP contribution < -0.4 is 0 Å². The zero-order chi connectivity index (χ0) is 20.5. The summed E-state index contributed by atoms with van der Waals surface area (Å²) in [6.07, 6.45) is 0. The number of hydrogen-bond acceptors (Lipinski definition) is 5. The molecule has 3 rings (SSSR count). The van der Waals surface area contributed by atoms with Crippen LogP contribution in [0.4, 0.5) is 0 Å². The third kappa shape index (κ3) is 5.62. The summed E-state index contributed by atoms with van der Waals surface area (Å²) >= 11 is 0. The van der Waals surface area contributed by atoms with Crippen LogP contribution in [0.1, 0.15) is 22.6 Å². The molecular formula is C24H20O5. The molecule has 1 atom stereocenters. The second kappa shape index (κ2) is 9.99. The van der Waals surface area contributed by atoms with Crippen LogP contribution in [0.15, 0.2) is 91.0 Å². The Morgan fingerprint density at radius 3 is 1.59 bits per heavy atom. The van der Waals surface area contributed by atoms with E-state index in [2.05, 4.69) is 0 Å². The summed E-state index contributed by atoms with van der Waals surface area (Å²) in [7, 11) is 0. The number of carbonyl (C=O) groups is 3. The molecule has 0 saturated heterocycles. The van der Waals surface area contributed by atoms with Crippen molar-refractivity contribution >= 4 is 17.7 Å². The second-order valence-corrected chi connectivity index (χ2v) is 6.36. The first-order valence-corrected chi connectivity index (χ1v) is 9.15. The number of benzene rings is 3. The van der Waals surface area contributed by atoms with Gasteiger partial charge in [-0.05, 0) is 16.7 Å². The quantitative estimate of drug-likeness (QED) is 0.333. The highest BCUT2D eigenvalue weighted by Crippen LogP contribution is 2.20. The fraction of sp³-hybridized carbons (Fsp3) is 0.125. The molecule has 0 spiro atoms. The van der Waals surface area contributed by atoms with Gasteiger partial charge in [-0.2, -0.15) is 0 Å². The zero-order valence-electron chi connectivity index (χ0n) is 15.7. The summed E-state index contributed by atoms with van der Waals surface area (Å²) in [5, 5.41) is 0. The van der Waals surface area contributed by atoms with Crippen molar-refractivity contribution in [2.45, 2.75) is 19.1 Å². The summed E-state index contributed by atoms with van der Waals surface area (Å²) in [4.78, 5) is 37.8. The number of esters is 2. The molecule has 0 radical (unpaired) electrons. The topological polar surface area (TPSA) is 69.7 Å². The summed E-state index contributed by atoms with van der Waals surface area (Å²) in [6.45, 7) is -0.0403. The first-order valence-electron chi connectivity index (χ1n) is 9.15. The maximum atomic E-state index is 12.7. The van der Waals surface area contributed by atoms with E-state index in [-0.39, 0.29) is 13.2 Å². The van der Waals surface area contributed by atoms with Crippen molar-refractivity contribution < 1.29 is 23.9 Å². The molecule has 5 heteroatoms. The lowest BCUT2D eigenvalue weighted by Gasteiger charge is -2.15. The first kappa shape index (κ1) is 20.0. The van der Waals surface area contributed by atoms with Crippen molar-refractivity contribution in [3.05, 3.63) is 108 Å². The van der Waals surface area contributed by atoms with E-state index in [4.69, 9.17) is 9.47 Å². The largest absolute Gasteiger partial charge is 0.460 e.